The molecule has 4 nitrogen and oxygen atoms in total. The molecule has 18 heavy (non-hydrogen) atoms. The first-order valence-corrected chi connectivity index (χ1v) is 6.40. The molecule has 0 aromatic heterocycles. The third-order valence-electron chi connectivity index (χ3n) is 2.59. The Bertz CT molecular complexity index is 297. The van der Waals surface area contributed by atoms with Gasteiger partial charge in [-0.05, 0) is 36.8 Å². The molecule has 0 atom stereocenters. The molecule has 4 heteroatoms. The van der Waals surface area contributed by atoms with Gasteiger partial charge < -0.3 is 10.2 Å². The van der Waals surface area contributed by atoms with E-state index in [-0.39, 0.29) is 13.2 Å². The van der Waals surface area contributed by atoms with Gasteiger partial charge in [0.1, 0.15) is 6.61 Å². The van der Waals surface area contributed by atoms with Gasteiger partial charge in [-0.25, -0.2) is 9.78 Å². The maximum atomic E-state index is 8.70. The molecule has 0 amide bonds. The second kappa shape index (κ2) is 10.0. The average Bonchev–Trinajstić information content (AvgIpc) is 2.40. The van der Waals surface area contributed by atoms with Gasteiger partial charge in [0.05, 0.1) is 6.61 Å². The quantitative estimate of drug-likeness (QED) is 0.380. The fraction of sp³-hybridized carbons (Fsp3) is 0.571. The highest BCUT2D eigenvalue weighted by molar-refractivity contribution is 5.22. The van der Waals surface area contributed by atoms with Crippen molar-refractivity contribution in [3.05, 3.63) is 35.4 Å². The molecule has 0 radical (unpaired) electrons. The minimum atomic E-state index is 0.117. The van der Waals surface area contributed by atoms with Crippen molar-refractivity contribution in [3.8, 4) is 0 Å². The van der Waals surface area contributed by atoms with Crippen LogP contribution in [0.2, 0.25) is 0 Å². The summed E-state index contributed by atoms with van der Waals surface area (Å²) < 4.78 is 0. The van der Waals surface area contributed by atoms with E-state index in [1.807, 2.05) is 12.1 Å². The van der Waals surface area contributed by atoms with Crippen molar-refractivity contribution in [2.45, 2.75) is 32.3 Å². The van der Waals surface area contributed by atoms with E-state index in [1.165, 1.54) is 5.56 Å². The van der Waals surface area contributed by atoms with Crippen LogP contribution in [0, 0.1) is 0 Å². The summed E-state index contributed by atoms with van der Waals surface area (Å²) in [6.07, 6.45) is 3.44. The fourth-order valence-corrected chi connectivity index (χ4v) is 1.54. The molecule has 102 valence electrons. The van der Waals surface area contributed by atoms with Gasteiger partial charge in [0.25, 0.3) is 0 Å². The molecular weight excluding hydrogens is 232 g/mol. The van der Waals surface area contributed by atoms with Crippen LogP contribution in [0.5, 0.6) is 0 Å². The summed E-state index contributed by atoms with van der Waals surface area (Å²) in [6.45, 7) is 1.21. The van der Waals surface area contributed by atoms with Crippen molar-refractivity contribution in [2.75, 3.05) is 19.8 Å². The molecule has 0 aliphatic carbocycles. The predicted octanol–water partition coefficient (Wildman–Crippen LogP) is 1.83. The van der Waals surface area contributed by atoms with E-state index in [1.54, 1.807) is 0 Å². The summed E-state index contributed by atoms with van der Waals surface area (Å²) in [5.74, 6) is 0. The van der Waals surface area contributed by atoms with E-state index >= 15 is 0 Å². The van der Waals surface area contributed by atoms with Crippen LogP contribution in [0.4, 0.5) is 0 Å². The van der Waals surface area contributed by atoms with Crippen molar-refractivity contribution in [1.29, 1.82) is 0 Å². The van der Waals surface area contributed by atoms with Gasteiger partial charge in [0, 0.05) is 13.2 Å². The van der Waals surface area contributed by atoms with Crippen LogP contribution >= 0.6 is 0 Å². The maximum Gasteiger partial charge on any atom is 0.107 e. The number of aliphatic hydroxyl groups excluding tert-OH is 2. The van der Waals surface area contributed by atoms with Crippen molar-refractivity contribution in [2.24, 2.45) is 0 Å². The molecule has 0 aliphatic heterocycles. The number of aryl methyl sites for hydroxylation is 1. The van der Waals surface area contributed by atoms with E-state index in [4.69, 9.17) is 20.0 Å². The van der Waals surface area contributed by atoms with Gasteiger partial charge in [-0.2, -0.15) is 0 Å². The Kier molecular flexibility index (Phi) is 8.42. The summed E-state index contributed by atoms with van der Waals surface area (Å²) >= 11 is 0. The van der Waals surface area contributed by atoms with Crippen LogP contribution in [-0.2, 0) is 22.8 Å². The number of hydrogen-bond acceptors (Lipinski definition) is 4. The molecule has 0 aliphatic rings. The normalized spacial score (nSPS) is 10.8. The smallest absolute Gasteiger partial charge is 0.107 e. The predicted molar refractivity (Wildman–Crippen MR) is 68.9 cm³/mol. The Balaban J connectivity index is 2.19. The standard InChI is InChI=1S/C14H22O4/c15-9-2-1-4-13-5-7-14(8-6-13)12-18-17-11-3-10-16/h5-8,15-16H,1-4,9-12H2. The van der Waals surface area contributed by atoms with Gasteiger partial charge in [-0.1, -0.05) is 24.3 Å². The summed E-state index contributed by atoms with van der Waals surface area (Å²) in [5.41, 5.74) is 2.33. The second-order valence-electron chi connectivity index (χ2n) is 4.16. The van der Waals surface area contributed by atoms with Crippen LogP contribution in [-0.4, -0.2) is 30.0 Å². The Morgan fingerprint density at radius 1 is 0.778 bits per heavy atom. The van der Waals surface area contributed by atoms with Gasteiger partial charge in [0.15, 0.2) is 0 Å². The van der Waals surface area contributed by atoms with Gasteiger partial charge in [-0.15, -0.1) is 0 Å². The zero-order valence-corrected chi connectivity index (χ0v) is 10.7. The van der Waals surface area contributed by atoms with Crippen LogP contribution in [0.3, 0.4) is 0 Å². The Morgan fingerprint density at radius 2 is 1.44 bits per heavy atom. The van der Waals surface area contributed by atoms with Crippen molar-refractivity contribution in [3.63, 3.8) is 0 Å². The van der Waals surface area contributed by atoms with E-state index in [2.05, 4.69) is 12.1 Å². The molecule has 1 rings (SSSR count). The monoisotopic (exact) mass is 254 g/mol. The van der Waals surface area contributed by atoms with E-state index in [9.17, 15) is 0 Å². The first kappa shape index (κ1) is 15.1. The Hall–Kier alpha value is -0.940. The largest absolute Gasteiger partial charge is 0.396 e. The number of rotatable bonds is 10. The number of hydrogen-bond donors (Lipinski definition) is 2. The molecule has 1 aromatic carbocycles. The van der Waals surface area contributed by atoms with Crippen molar-refractivity contribution >= 4 is 0 Å². The molecule has 0 spiro atoms. The molecule has 0 bridgehead atoms. The Labute approximate surface area is 108 Å². The lowest BCUT2D eigenvalue weighted by molar-refractivity contribution is -0.304. The highest BCUT2D eigenvalue weighted by Gasteiger charge is 1.97. The summed E-state index contributed by atoms with van der Waals surface area (Å²) in [6, 6.07) is 8.18. The summed E-state index contributed by atoms with van der Waals surface area (Å²) in [4.78, 5) is 9.92. The van der Waals surface area contributed by atoms with Gasteiger partial charge in [-0.3, -0.25) is 0 Å². The fourth-order valence-electron chi connectivity index (χ4n) is 1.54. The highest BCUT2D eigenvalue weighted by Crippen LogP contribution is 2.09. The van der Waals surface area contributed by atoms with Crippen LogP contribution in [0.1, 0.15) is 30.4 Å². The van der Waals surface area contributed by atoms with E-state index in [0.717, 1.165) is 24.8 Å². The number of aliphatic hydroxyl groups is 2. The molecule has 2 N–H and O–H groups in total. The third kappa shape index (κ3) is 6.71. The SMILES string of the molecule is OCCCCc1ccc(COOCCCO)cc1. The molecule has 0 heterocycles. The molecule has 0 fully saturated rings. The highest BCUT2D eigenvalue weighted by atomic mass is 17.2. The zero-order chi connectivity index (χ0) is 13.1. The van der Waals surface area contributed by atoms with Gasteiger partial charge in [0.2, 0.25) is 0 Å². The third-order valence-corrected chi connectivity index (χ3v) is 2.59. The summed E-state index contributed by atoms with van der Waals surface area (Å²) in [5, 5.41) is 17.3. The second-order valence-corrected chi connectivity index (χ2v) is 4.16. The molecule has 0 saturated carbocycles. The number of benzene rings is 1. The first-order valence-electron chi connectivity index (χ1n) is 6.40. The first-order chi connectivity index (χ1) is 8.86. The topological polar surface area (TPSA) is 58.9 Å². The molecule has 1 aromatic rings. The average molecular weight is 254 g/mol. The minimum absolute atomic E-state index is 0.117. The Morgan fingerprint density at radius 3 is 2.11 bits per heavy atom. The van der Waals surface area contributed by atoms with Gasteiger partial charge >= 0.3 is 0 Å². The van der Waals surface area contributed by atoms with Crippen LogP contribution < -0.4 is 0 Å². The van der Waals surface area contributed by atoms with Crippen molar-refractivity contribution in [1.82, 2.24) is 0 Å². The van der Waals surface area contributed by atoms with Crippen LogP contribution in [0.15, 0.2) is 24.3 Å². The number of unbranched alkanes of at least 4 members (excludes halogenated alkanes) is 1. The lowest BCUT2D eigenvalue weighted by Crippen LogP contribution is -1.99. The lowest BCUT2D eigenvalue weighted by Gasteiger charge is -2.05. The van der Waals surface area contributed by atoms with E-state index in [0.29, 0.717) is 19.6 Å². The zero-order valence-electron chi connectivity index (χ0n) is 10.7. The lowest BCUT2D eigenvalue weighted by atomic mass is 10.1. The minimum Gasteiger partial charge on any atom is -0.396 e. The van der Waals surface area contributed by atoms with Crippen molar-refractivity contribution < 1.29 is 20.0 Å². The maximum absolute atomic E-state index is 8.70. The van der Waals surface area contributed by atoms with E-state index < -0.39 is 0 Å². The summed E-state index contributed by atoms with van der Waals surface area (Å²) in [7, 11) is 0. The molecule has 0 saturated heterocycles. The molecule has 0 unspecified atom stereocenters. The molecular formula is C14H22O4. The van der Waals surface area contributed by atoms with Crippen LogP contribution in [0.25, 0.3) is 0 Å².